The molecule has 2 aliphatic rings. The molecule has 3 unspecified atom stereocenters. The molecule has 2 aromatic rings. The Morgan fingerprint density at radius 3 is 2.44 bits per heavy atom. The van der Waals surface area contributed by atoms with E-state index >= 15 is 0 Å². The molecule has 6 nitrogen and oxygen atoms in total. The van der Waals surface area contributed by atoms with Crippen molar-refractivity contribution in [3.8, 4) is 5.75 Å². The van der Waals surface area contributed by atoms with E-state index in [1.165, 1.54) is 4.31 Å². The number of halogens is 3. The summed E-state index contributed by atoms with van der Waals surface area (Å²) >= 11 is 0. The molecule has 0 bridgehead atoms. The lowest BCUT2D eigenvalue weighted by molar-refractivity contribution is -0.107. The minimum Gasteiger partial charge on any atom is -0.497 e. The second-order valence-electron chi connectivity index (χ2n) is 10.8. The third-order valence-electron chi connectivity index (χ3n) is 8.36. The first-order valence-electron chi connectivity index (χ1n) is 13.9. The van der Waals surface area contributed by atoms with Gasteiger partial charge in [0.1, 0.15) is 5.75 Å². The van der Waals surface area contributed by atoms with Gasteiger partial charge in [0, 0.05) is 31.3 Å². The smallest absolute Gasteiger partial charge is 0.404 e. The van der Waals surface area contributed by atoms with Gasteiger partial charge in [-0.1, -0.05) is 35.9 Å². The zero-order valence-corrected chi connectivity index (χ0v) is 25.7. The molecular formula is C30H39F3N3O3PS. The van der Waals surface area contributed by atoms with E-state index in [-0.39, 0.29) is 12.5 Å². The number of hydrogen-bond donors (Lipinski definition) is 0. The van der Waals surface area contributed by atoms with Crippen molar-refractivity contribution in [3.05, 3.63) is 65.7 Å². The largest absolute Gasteiger partial charge is 0.497 e. The average molecular weight is 610 g/mol. The molecule has 0 heterocycles. The summed E-state index contributed by atoms with van der Waals surface area (Å²) in [6.07, 6.45) is 2.87. The van der Waals surface area contributed by atoms with Crippen LogP contribution in [0.15, 0.2) is 65.3 Å². The fourth-order valence-electron chi connectivity index (χ4n) is 6.46. The normalized spacial score (nSPS) is 23.4. The molecular weight excluding hydrogens is 570 g/mol. The number of alkyl halides is 3. The third kappa shape index (κ3) is 7.33. The number of fused-ring (bicyclic) bond motifs is 1. The predicted octanol–water partition coefficient (Wildman–Crippen LogP) is 5.95. The Balaban J connectivity index is 1.50. The highest BCUT2D eigenvalue weighted by atomic mass is 32.2. The summed E-state index contributed by atoms with van der Waals surface area (Å²) < 4.78 is 73.1. The molecule has 2 saturated carbocycles. The Labute approximate surface area is 243 Å². The molecule has 224 valence electrons. The van der Waals surface area contributed by atoms with Gasteiger partial charge in [0.15, 0.2) is 5.75 Å². The van der Waals surface area contributed by atoms with E-state index in [1.54, 1.807) is 12.1 Å². The van der Waals surface area contributed by atoms with Gasteiger partial charge in [-0.05, 0) is 86.5 Å². The monoisotopic (exact) mass is 609 g/mol. The van der Waals surface area contributed by atoms with E-state index in [0.717, 1.165) is 35.0 Å². The molecule has 0 aliphatic heterocycles. The summed E-state index contributed by atoms with van der Waals surface area (Å²) in [4.78, 5) is 0. The minimum absolute atomic E-state index is 0.0124. The standard InChI is InChI=1S/C30H39F3N3O3PS/c1-4-23-10-17-27-28(29(23,27)18-6-19-34-35(2)24-11-15-26(40)16-12-24)36(41(37,38)21-30(31,32)33)20-5-7-22-8-13-25(39-3)14-9-22/h4,8-9,11-16,19,27-28H,5-7,10,17-18,20-21,40H2,1-3H3/b23-4-,34-19-/t27?,28?,29-/m1/s1. The summed E-state index contributed by atoms with van der Waals surface area (Å²) in [5, 5.41) is 7.39. The Kier molecular flexibility index (Phi) is 9.87. The Hall–Kier alpha value is -2.42. The van der Waals surface area contributed by atoms with Gasteiger partial charge in [-0.25, -0.2) is 8.42 Å². The topological polar surface area (TPSA) is 62.2 Å². The summed E-state index contributed by atoms with van der Waals surface area (Å²) in [5.74, 6) is -1.12. The van der Waals surface area contributed by atoms with Gasteiger partial charge >= 0.3 is 6.18 Å². The highest BCUT2D eigenvalue weighted by Gasteiger charge is 2.71. The van der Waals surface area contributed by atoms with E-state index in [1.807, 2.05) is 74.8 Å². The van der Waals surface area contributed by atoms with Crippen LogP contribution < -0.4 is 15.1 Å². The molecule has 11 heteroatoms. The highest BCUT2D eigenvalue weighted by Crippen LogP contribution is 2.71. The molecule has 41 heavy (non-hydrogen) atoms. The van der Waals surface area contributed by atoms with Crippen molar-refractivity contribution >= 4 is 36.5 Å². The first-order chi connectivity index (χ1) is 19.4. The number of aryl methyl sites for hydroxylation is 1. The molecule has 2 aromatic carbocycles. The number of benzene rings is 2. The van der Waals surface area contributed by atoms with Crippen molar-refractivity contribution in [2.75, 3.05) is 31.5 Å². The number of sulfonamides is 1. The van der Waals surface area contributed by atoms with Crippen molar-refractivity contribution in [1.29, 1.82) is 0 Å². The Bertz CT molecular complexity index is 1350. The van der Waals surface area contributed by atoms with Gasteiger partial charge in [-0.3, -0.25) is 5.01 Å². The second-order valence-corrected chi connectivity index (χ2v) is 13.4. The number of hydrazone groups is 1. The number of rotatable bonds is 13. The number of ether oxygens (including phenoxy) is 1. The van der Waals surface area contributed by atoms with Crippen LogP contribution in [0.25, 0.3) is 0 Å². The van der Waals surface area contributed by atoms with E-state index in [2.05, 4.69) is 14.3 Å². The van der Waals surface area contributed by atoms with Crippen molar-refractivity contribution in [1.82, 2.24) is 4.31 Å². The lowest BCUT2D eigenvalue weighted by Crippen LogP contribution is -2.42. The lowest BCUT2D eigenvalue weighted by Gasteiger charge is -2.28. The number of nitrogens with zero attached hydrogens (tertiary/aromatic N) is 3. The first kappa shape index (κ1) is 31.5. The molecule has 0 spiro atoms. The SMILES string of the molecule is C/C=C1/CCC2C(N(CCCc3ccc(OC)cc3)S(=O)(=O)CC(F)(F)F)[C@]12CC/C=N\N(C)c1ccc(P)cc1. The Morgan fingerprint density at radius 2 is 1.83 bits per heavy atom. The van der Waals surface area contributed by atoms with Crippen LogP contribution in [0.3, 0.4) is 0 Å². The highest BCUT2D eigenvalue weighted by molar-refractivity contribution is 7.89. The van der Waals surface area contributed by atoms with Crippen LogP contribution in [-0.4, -0.2) is 57.6 Å². The van der Waals surface area contributed by atoms with Crippen molar-refractivity contribution in [3.63, 3.8) is 0 Å². The summed E-state index contributed by atoms with van der Waals surface area (Å²) in [5.41, 5.74) is 2.61. The van der Waals surface area contributed by atoms with Crippen LogP contribution in [0.4, 0.5) is 18.9 Å². The predicted molar refractivity (Wildman–Crippen MR) is 162 cm³/mol. The van der Waals surface area contributed by atoms with Gasteiger partial charge in [0.25, 0.3) is 0 Å². The fourth-order valence-corrected chi connectivity index (χ4v) is 8.32. The minimum atomic E-state index is -4.81. The average Bonchev–Trinajstić information content (AvgIpc) is 3.38. The first-order valence-corrected chi connectivity index (χ1v) is 16.1. The molecule has 4 atom stereocenters. The summed E-state index contributed by atoms with van der Waals surface area (Å²) in [6, 6.07) is 14.9. The molecule has 0 radical (unpaired) electrons. The van der Waals surface area contributed by atoms with Gasteiger partial charge in [0.05, 0.1) is 12.8 Å². The van der Waals surface area contributed by atoms with Crippen LogP contribution in [0.2, 0.25) is 0 Å². The van der Waals surface area contributed by atoms with E-state index in [4.69, 9.17) is 4.74 Å². The van der Waals surface area contributed by atoms with E-state index < -0.39 is 33.4 Å². The van der Waals surface area contributed by atoms with Crippen LogP contribution in [-0.2, 0) is 16.4 Å². The van der Waals surface area contributed by atoms with Crippen LogP contribution >= 0.6 is 9.24 Å². The number of hydrogen-bond acceptors (Lipinski definition) is 5. The molecule has 0 aromatic heterocycles. The molecule has 2 fully saturated rings. The van der Waals surface area contributed by atoms with Crippen molar-refractivity contribution < 1.29 is 26.3 Å². The molecule has 4 rings (SSSR count). The third-order valence-corrected chi connectivity index (χ3v) is 10.6. The summed E-state index contributed by atoms with van der Waals surface area (Å²) in [6.45, 7) is 1.98. The zero-order valence-electron chi connectivity index (χ0n) is 23.8. The van der Waals surface area contributed by atoms with E-state index in [9.17, 15) is 21.6 Å². The molecule has 2 aliphatic carbocycles. The number of methoxy groups -OCH3 is 1. The van der Waals surface area contributed by atoms with Gasteiger partial charge < -0.3 is 4.74 Å². The van der Waals surface area contributed by atoms with Crippen LogP contribution in [0, 0.1) is 11.3 Å². The van der Waals surface area contributed by atoms with Gasteiger partial charge in [-0.2, -0.15) is 22.6 Å². The van der Waals surface area contributed by atoms with Crippen molar-refractivity contribution in [2.45, 2.75) is 57.7 Å². The quantitative estimate of drug-likeness (QED) is 0.122. The fraction of sp³-hybridized carbons (Fsp3) is 0.500. The maximum atomic E-state index is 13.4. The zero-order chi connectivity index (χ0) is 29.8. The van der Waals surface area contributed by atoms with Crippen molar-refractivity contribution in [2.24, 2.45) is 16.4 Å². The molecule has 0 saturated heterocycles. The van der Waals surface area contributed by atoms with Gasteiger partial charge in [0.2, 0.25) is 10.0 Å². The summed E-state index contributed by atoms with van der Waals surface area (Å²) in [7, 11) is 1.52. The lowest BCUT2D eigenvalue weighted by atomic mass is 9.90. The van der Waals surface area contributed by atoms with Gasteiger partial charge in [-0.15, -0.1) is 9.24 Å². The maximum Gasteiger partial charge on any atom is 0.404 e. The van der Waals surface area contributed by atoms with E-state index in [0.29, 0.717) is 31.4 Å². The second kappa shape index (κ2) is 12.8. The van der Waals surface area contributed by atoms with Crippen LogP contribution in [0.1, 0.15) is 44.6 Å². The number of allylic oxidation sites excluding steroid dienone is 1. The molecule has 0 N–H and O–H groups in total. The van der Waals surface area contributed by atoms with Crippen LogP contribution in [0.5, 0.6) is 5.75 Å². The molecule has 0 amide bonds. The Morgan fingerprint density at radius 1 is 1.15 bits per heavy atom. The number of anilines is 1. The maximum absolute atomic E-state index is 13.4.